The normalized spacial score (nSPS) is 12.9. The van der Waals surface area contributed by atoms with Gasteiger partial charge in [-0.25, -0.2) is 0 Å². The zero-order valence-corrected chi connectivity index (χ0v) is 11.0. The SMILES string of the molecule is CC.CC.Cc1nn2c(c1C)CNCC2.[HH]. The Labute approximate surface area is 95.4 Å². The summed E-state index contributed by atoms with van der Waals surface area (Å²) in [4.78, 5) is 0. The maximum absolute atomic E-state index is 4.43. The van der Waals surface area contributed by atoms with E-state index in [1.807, 2.05) is 27.7 Å². The van der Waals surface area contributed by atoms with Gasteiger partial charge in [-0.15, -0.1) is 0 Å². The number of nitrogens with one attached hydrogen (secondary N) is 1. The highest BCUT2D eigenvalue weighted by atomic mass is 15.3. The predicted octanol–water partition coefficient (Wildman–Crippen LogP) is 2.90. The van der Waals surface area contributed by atoms with Crippen LogP contribution < -0.4 is 5.32 Å². The molecule has 2 rings (SSSR count). The van der Waals surface area contributed by atoms with Crippen LogP contribution in [0.1, 0.15) is 46.1 Å². The molecule has 1 aromatic rings. The van der Waals surface area contributed by atoms with Crippen molar-refractivity contribution in [2.45, 2.75) is 54.6 Å². The van der Waals surface area contributed by atoms with Gasteiger partial charge in [-0.05, 0) is 19.4 Å². The Morgan fingerprint density at radius 2 is 1.80 bits per heavy atom. The van der Waals surface area contributed by atoms with Crippen molar-refractivity contribution < 1.29 is 1.43 Å². The van der Waals surface area contributed by atoms with Gasteiger partial charge in [-0.2, -0.15) is 5.10 Å². The second kappa shape index (κ2) is 7.46. The van der Waals surface area contributed by atoms with Crippen LogP contribution in [0.25, 0.3) is 0 Å². The van der Waals surface area contributed by atoms with Gasteiger partial charge in [-0.1, -0.05) is 27.7 Å². The van der Waals surface area contributed by atoms with E-state index in [-0.39, 0.29) is 1.43 Å². The number of hydrogen-bond acceptors (Lipinski definition) is 2. The second-order valence-corrected chi connectivity index (χ2v) is 3.06. The maximum Gasteiger partial charge on any atom is 0.0626 e. The van der Waals surface area contributed by atoms with Gasteiger partial charge < -0.3 is 5.32 Å². The Morgan fingerprint density at radius 3 is 2.33 bits per heavy atom. The van der Waals surface area contributed by atoms with Crippen LogP contribution >= 0.6 is 0 Å². The van der Waals surface area contributed by atoms with Crippen LogP contribution in [0.3, 0.4) is 0 Å². The van der Waals surface area contributed by atoms with E-state index in [2.05, 4.69) is 28.9 Å². The quantitative estimate of drug-likeness (QED) is 0.718. The van der Waals surface area contributed by atoms with Gasteiger partial charge in [0.1, 0.15) is 0 Å². The summed E-state index contributed by atoms with van der Waals surface area (Å²) in [5.74, 6) is 0. The average Bonchev–Trinajstić information content (AvgIpc) is 2.61. The van der Waals surface area contributed by atoms with Crippen LogP contribution in [-0.4, -0.2) is 16.3 Å². The first-order valence-corrected chi connectivity index (χ1v) is 6.02. The molecule has 2 heterocycles. The molecule has 1 aliphatic rings. The van der Waals surface area contributed by atoms with Crippen molar-refractivity contribution in [1.29, 1.82) is 0 Å². The van der Waals surface area contributed by atoms with Crippen LogP contribution in [0.5, 0.6) is 0 Å². The third-order valence-corrected chi connectivity index (χ3v) is 2.35. The Morgan fingerprint density at radius 1 is 1.20 bits per heavy atom. The van der Waals surface area contributed by atoms with Gasteiger partial charge in [-0.3, -0.25) is 4.68 Å². The van der Waals surface area contributed by atoms with E-state index < -0.39 is 0 Å². The first kappa shape index (κ1) is 14.2. The summed E-state index contributed by atoms with van der Waals surface area (Å²) in [5, 5.41) is 7.76. The molecule has 0 aromatic carbocycles. The van der Waals surface area contributed by atoms with Gasteiger partial charge in [0.05, 0.1) is 17.9 Å². The van der Waals surface area contributed by atoms with Crippen molar-refractivity contribution in [2.24, 2.45) is 0 Å². The van der Waals surface area contributed by atoms with E-state index in [4.69, 9.17) is 0 Å². The van der Waals surface area contributed by atoms with Gasteiger partial charge in [0.15, 0.2) is 0 Å². The molecule has 0 unspecified atom stereocenters. The van der Waals surface area contributed by atoms with E-state index >= 15 is 0 Å². The fourth-order valence-corrected chi connectivity index (χ4v) is 1.52. The van der Waals surface area contributed by atoms with Crippen LogP contribution in [0.4, 0.5) is 0 Å². The molecule has 1 N–H and O–H groups in total. The number of rotatable bonds is 0. The van der Waals surface area contributed by atoms with E-state index in [1.54, 1.807) is 0 Å². The summed E-state index contributed by atoms with van der Waals surface area (Å²) in [7, 11) is 0. The standard InChI is InChI=1S/C8H13N3.2C2H6.H2/c1-6-7(2)10-11-4-3-9-5-8(6)11;2*1-2;/h9H,3-5H2,1-2H3;2*1-2H3;1H. The number of aromatic nitrogens is 2. The smallest absolute Gasteiger partial charge is 0.0626 e. The minimum absolute atomic E-state index is 0. The lowest BCUT2D eigenvalue weighted by Gasteiger charge is -2.14. The lowest BCUT2D eigenvalue weighted by Crippen LogP contribution is -2.28. The number of nitrogens with zero attached hydrogens (tertiary/aromatic N) is 2. The number of fused-ring (bicyclic) bond motifs is 1. The molecule has 0 saturated heterocycles. The van der Waals surface area contributed by atoms with E-state index in [9.17, 15) is 0 Å². The molecule has 1 aliphatic heterocycles. The Kier molecular flexibility index (Phi) is 7.05. The van der Waals surface area contributed by atoms with Crippen LogP contribution in [0.2, 0.25) is 0 Å². The topological polar surface area (TPSA) is 29.9 Å². The molecule has 0 saturated carbocycles. The number of aryl methyl sites for hydroxylation is 1. The summed E-state index contributed by atoms with van der Waals surface area (Å²) in [5.41, 5.74) is 3.87. The van der Waals surface area contributed by atoms with Crippen molar-refractivity contribution >= 4 is 0 Å². The lowest BCUT2D eigenvalue weighted by molar-refractivity contribution is 0.473. The maximum atomic E-state index is 4.43. The second-order valence-electron chi connectivity index (χ2n) is 3.06. The summed E-state index contributed by atoms with van der Waals surface area (Å²) < 4.78 is 2.11. The molecule has 90 valence electrons. The van der Waals surface area contributed by atoms with E-state index in [1.165, 1.54) is 17.0 Å². The molecule has 0 amide bonds. The summed E-state index contributed by atoms with van der Waals surface area (Å²) in [6, 6.07) is 0. The zero-order valence-electron chi connectivity index (χ0n) is 11.0. The van der Waals surface area contributed by atoms with Gasteiger partial charge >= 0.3 is 0 Å². The fraction of sp³-hybridized carbons (Fsp3) is 0.750. The fourth-order valence-electron chi connectivity index (χ4n) is 1.52. The van der Waals surface area contributed by atoms with Gasteiger partial charge in [0, 0.05) is 14.5 Å². The molecular formula is C12H27N3. The molecule has 3 nitrogen and oxygen atoms in total. The van der Waals surface area contributed by atoms with E-state index in [0.29, 0.717) is 0 Å². The highest BCUT2D eigenvalue weighted by Gasteiger charge is 2.13. The Hall–Kier alpha value is -0.830. The van der Waals surface area contributed by atoms with Crippen molar-refractivity contribution in [3.8, 4) is 0 Å². The molecule has 0 atom stereocenters. The molecule has 0 spiro atoms. The lowest BCUT2D eigenvalue weighted by atomic mass is 10.2. The van der Waals surface area contributed by atoms with Crippen molar-refractivity contribution in [1.82, 2.24) is 15.1 Å². The third-order valence-electron chi connectivity index (χ3n) is 2.35. The monoisotopic (exact) mass is 213 g/mol. The summed E-state index contributed by atoms with van der Waals surface area (Å²) in [6.45, 7) is 15.3. The third kappa shape index (κ3) is 3.34. The minimum atomic E-state index is 0. The first-order valence-electron chi connectivity index (χ1n) is 6.02. The first-order chi connectivity index (χ1) is 7.29. The van der Waals surface area contributed by atoms with Crippen molar-refractivity contribution in [3.63, 3.8) is 0 Å². The molecular weight excluding hydrogens is 186 g/mol. The molecule has 0 fully saturated rings. The number of hydrogen-bond donors (Lipinski definition) is 1. The predicted molar refractivity (Wildman–Crippen MR) is 68.2 cm³/mol. The largest absolute Gasteiger partial charge is 0.309 e. The molecule has 1 aromatic heterocycles. The highest BCUT2D eigenvalue weighted by Crippen LogP contribution is 2.13. The van der Waals surface area contributed by atoms with Gasteiger partial charge in [0.2, 0.25) is 0 Å². The highest BCUT2D eigenvalue weighted by molar-refractivity contribution is 5.24. The Balaban J connectivity index is 0. The van der Waals surface area contributed by atoms with Gasteiger partial charge in [0.25, 0.3) is 0 Å². The minimum Gasteiger partial charge on any atom is -0.309 e. The molecule has 3 heteroatoms. The van der Waals surface area contributed by atoms with Crippen molar-refractivity contribution in [2.75, 3.05) is 6.54 Å². The Bertz CT molecular complexity index is 282. The molecule has 0 aliphatic carbocycles. The van der Waals surface area contributed by atoms with Crippen LogP contribution in [0, 0.1) is 13.8 Å². The molecule has 0 radical (unpaired) electrons. The average molecular weight is 213 g/mol. The van der Waals surface area contributed by atoms with Crippen LogP contribution in [-0.2, 0) is 13.1 Å². The summed E-state index contributed by atoms with van der Waals surface area (Å²) >= 11 is 0. The van der Waals surface area contributed by atoms with Crippen LogP contribution in [0.15, 0.2) is 0 Å². The zero-order chi connectivity index (χ0) is 11.8. The van der Waals surface area contributed by atoms with E-state index in [0.717, 1.165) is 19.6 Å². The summed E-state index contributed by atoms with van der Waals surface area (Å²) in [6.07, 6.45) is 0. The van der Waals surface area contributed by atoms with Crippen molar-refractivity contribution in [3.05, 3.63) is 17.0 Å². The molecule has 15 heavy (non-hydrogen) atoms. The molecule has 0 bridgehead atoms.